The normalized spacial score (nSPS) is 14.6. The van der Waals surface area contributed by atoms with E-state index in [1.165, 1.54) is 0 Å². The van der Waals surface area contributed by atoms with Gasteiger partial charge in [0.15, 0.2) is 0 Å². The van der Waals surface area contributed by atoms with Crippen molar-refractivity contribution in [2.24, 2.45) is 5.92 Å². The van der Waals surface area contributed by atoms with E-state index in [1.54, 1.807) is 7.11 Å². The summed E-state index contributed by atoms with van der Waals surface area (Å²) in [6, 6.07) is 0. The Kier molecular flexibility index (Phi) is 4.38. The number of ether oxygens (including phenoxy) is 1. The van der Waals surface area contributed by atoms with Crippen molar-refractivity contribution in [2.45, 2.75) is 25.7 Å². The van der Waals surface area contributed by atoms with Crippen LogP contribution in [0.1, 0.15) is 20.3 Å². The molecule has 0 fully saturated rings. The van der Waals surface area contributed by atoms with Crippen molar-refractivity contribution < 1.29 is 4.74 Å². The lowest BCUT2D eigenvalue weighted by Gasteiger charge is -2.09. The lowest BCUT2D eigenvalue weighted by atomic mass is 10.1. The highest BCUT2D eigenvalue weighted by Gasteiger charge is 2.01. The topological polar surface area (TPSA) is 9.23 Å². The van der Waals surface area contributed by atoms with Gasteiger partial charge in [-0.05, 0) is 12.3 Å². The molecule has 1 unspecified atom stereocenters. The summed E-state index contributed by atoms with van der Waals surface area (Å²) in [5.74, 6) is 0.678. The first-order chi connectivity index (χ1) is 3.66. The molecule has 1 nitrogen and oxygen atoms in total. The molecule has 50 valence electrons. The van der Waals surface area contributed by atoms with Crippen LogP contribution in [-0.2, 0) is 4.74 Å². The van der Waals surface area contributed by atoms with Gasteiger partial charge in [0.1, 0.15) is 0 Å². The molecule has 0 aliphatic carbocycles. The molecule has 0 saturated carbocycles. The number of methoxy groups -OCH3 is 1. The molecular weight excluding hydrogens is 120 g/mol. The minimum Gasteiger partial charge on any atom is -0.371 e. The third-order valence-electron chi connectivity index (χ3n) is 0.945. The van der Waals surface area contributed by atoms with E-state index in [4.69, 9.17) is 4.74 Å². The highest BCUT2D eigenvalue weighted by molar-refractivity contribution is 7.80. The minimum absolute atomic E-state index is 0.120. The van der Waals surface area contributed by atoms with Crippen molar-refractivity contribution in [2.75, 3.05) is 7.11 Å². The summed E-state index contributed by atoms with van der Waals surface area (Å²) in [5, 5.41) is 0. The van der Waals surface area contributed by atoms with Gasteiger partial charge in [0.05, 0.1) is 5.44 Å². The quantitative estimate of drug-likeness (QED) is 0.458. The van der Waals surface area contributed by atoms with E-state index >= 15 is 0 Å². The summed E-state index contributed by atoms with van der Waals surface area (Å²) in [4.78, 5) is 0. The lowest BCUT2D eigenvalue weighted by Crippen LogP contribution is -2.04. The summed E-state index contributed by atoms with van der Waals surface area (Å²) >= 11 is 4.15. The molecule has 0 aromatic carbocycles. The van der Waals surface area contributed by atoms with Crippen molar-refractivity contribution >= 4 is 12.6 Å². The molecule has 0 amide bonds. The van der Waals surface area contributed by atoms with Gasteiger partial charge in [0, 0.05) is 7.11 Å². The minimum atomic E-state index is 0.120. The van der Waals surface area contributed by atoms with Crippen LogP contribution in [0.15, 0.2) is 0 Å². The maximum atomic E-state index is 4.93. The zero-order valence-electron chi connectivity index (χ0n) is 5.72. The van der Waals surface area contributed by atoms with Crippen molar-refractivity contribution in [1.29, 1.82) is 0 Å². The monoisotopic (exact) mass is 134 g/mol. The molecule has 0 N–H and O–H groups in total. The molecule has 0 bridgehead atoms. The Morgan fingerprint density at radius 1 is 1.50 bits per heavy atom. The van der Waals surface area contributed by atoms with Crippen molar-refractivity contribution in [1.82, 2.24) is 0 Å². The van der Waals surface area contributed by atoms with E-state index < -0.39 is 0 Å². The van der Waals surface area contributed by atoms with Crippen LogP contribution in [-0.4, -0.2) is 12.5 Å². The van der Waals surface area contributed by atoms with E-state index in [1.807, 2.05) is 0 Å². The molecule has 0 radical (unpaired) electrons. The van der Waals surface area contributed by atoms with Crippen molar-refractivity contribution in [3.63, 3.8) is 0 Å². The molecule has 0 spiro atoms. The number of hydrogen-bond acceptors (Lipinski definition) is 2. The predicted molar refractivity (Wildman–Crippen MR) is 39.2 cm³/mol. The number of rotatable bonds is 3. The fourth-order valence-corrected chi connectivity index (χ4v) is 0.921. The van der Waals surface area contributed by atoms with Gasteiger partial charge in [-0.3, -0.25) is 0 Å². The molecule has 0 rings (SSSR count). The maximum Gasteiger partial charge on any atom is 0.0998 e. The number of thiol groups is 1. The second kappa shape index (κ2) is 4.21. The molecule has 0 aliphatic rings. The molecule has 0 aliphatic heterocycles. The van der Waals surface area contributed by atoms with E-state index in [9.17, 15) is 0 Å². The van der Waals surface area contributed by atoms with Crippen LogP contribution < -0.4 is 0 Å². The highest BCUT2D eigenvalue weighted by Crippen LogP contribution is 2.09. The Morgan fingerprint density at radius 3 is 2.12 bits per heavy atom. The largest absolute Gasteiger partial charge is 0.371 e. The SMILES string of the molecule is COC(S)CC(C)C. The molecule has 1 atom stereocenters. The Labute approximate surface area is 56.8 Å². The standard InChI is InChI=1S/C6H14OS/c1-5(2)4-6(8)7-3/h5-6,8H,4H2,1-3H3. The van der Waals surface area contributed by atoms with Crippen LogP contribution in [0.25, 0.3) is 0 Å². The molecule has 0 aromatic rings. The van der Waals surface area contributed by atoms with Crippen molar-refractivity contribution in [3.8, 4) is 0 Å². The Balaban J connectivity index is 3.10. The summed E-state index contributed by atoms with van der Waals surface area (Å²) < 4.78 is 4.93. The van der Waals surface area contributed by atoms with Gasteiger partial charge < -0.3 is 4.74 Å². The molecule has 0 saturated heterocycles. The zero-order valence-corrected chi connectivity index (χ0v) is 6.61. The van der Waals surface area contributed by atoms with Gasteiger partial charge >= 0.3 is 0 Å². The summed E-state index contributed by atoms with van der Waals surface area (Å²) in [5.41, 5.74) is 0.120. The highest BCUT2D eigenvalue weighted by atomic mass is 32.1. The zero-order chi connectivity index (χ0) is 6.57. The number of hydrogen-bond donors (Lipinski definition) is 1. The average Bonchev–Trinajstić information content (AvgIpc) is 1.65. The molecule has 0 aromatic heterocycles. The predicted octanol–water partition coefficient (Wildman–Crippen LogP) is 1.93. The van der Waals surface area contributed by atoms with Crippen LogP contribution in [0.2, 0.25) is 0 Å². The second-order valence-electron chi connectivity index (χ2n) is 2.32. The van der Waals surface area contributed by atoms with Crippen LogP contribution in [0.3, 0.4) is 0 Å². The fraction of sp³-hybridized carbons (Fsp3) is 1.00. The summed E-state index contributed by atoms with van der Waals surface area (Å²) in [6.45, 7) is 4.31. The van der Waals surface area contributed by atoms with Gasteiger partial charge in [-0.15, -0.1) is 12.6 Å². The first kappa shape index (κ1) is 8.31. The lowest BCUT2D eigenvalue weighted by molar-refractivity contribution is 0.156. The van der Waals surface area contributed by atoms with E-state index in [0.29, 0.717) is 5.92 Å². The average molecular weight is 134 g/mol. The summed E-state index contributed by atoms with van der Waals surface area (Å²) in [7, 11) is 1.68. The van der Waals surface area contributed by atoms with Crippen LogP contribution in [0, 0.1) is 5.92 Å². The Morgan fingerprint density at radius 2 is 2.00 bits per heavy atom. The van der Waals surface area contributed by atoms with Crippen molar-refractivity contribution in [3.05, 3.63) is 0 Å². The first-order valence-corrected chi connectivity index (χ1v) is 3.39. The maximum absolute atomic E-state index is 4.93. The Hall–Kier alpha value is 0.310. The van der Waals surface area contributed by atoms with Gasteiger partial charge in [-0.25, -0.2) is 0 Å². The van der Waals surface area contributed by atoms with E-state index in [0.717, 1.165) is 6.42 Å². The molecular formula is C6H14OS. The molecule has 0 heterocycles. The van der Waals surface area contributed by atoms with Crippen LogP contribution >= 0.6 is 12.6 Å². The second-order valence-corrected chi connectivity index (χ2v) is 2.90. The van der Waals surface area contributed by atoms with Gasteiger partial charge in [-0.2, -0.15) is 0 Å². The molecule has 8 heavy (non-hydrogen) atoms. The van der Waals surface area contributed by atoms with Gasteiger partial charge in [-0.1, -0.05) is 13.8 Å². The summed E-state index contributed by atoms with van der Waals surface area (Å²) in [6.07, 6.45) is 1.03. The third-order valence-corrected chi connectivity index (χ3v) is 1.37. The molecule has 2 heteroatoms. The van der Waals surface area contributed by atoms with Gasteiger partial charge in [0.2, 0.25) is 0 Å². The Bertz CT molecular complexity index is 54.5. The van der Waals surface area contributed by atoms with E-state index in [-0.39, 0.29) is 5.44 Å². The van der Waals surface area contributed by atoms with Gasteiger partial charge in [0.25, 0.3) is 0 Å². The first-order valence-electron chi connectivity index (χ1n) is 2.87. The van der Waals surface area contributed by atoms with E-state index in [2.05, 4.69) is 26.5 Å². The fourth-order valence-electron chi connectivity index (χ4n) is 0.499. The smallest absolute Gasteiger partial charge is 0.0998 e. The van der Waals surface area contributed by atoms with Crippen LogP contribution in [0.5, 0.6) is 0 Å². The van der Waals surface area contributed by atoms with Crippen LogP contribution in [0.4, 0.5) is 0 Å². The third kappa shape index (κ3) is 4.47.